The quantitative estimate of drug-likeness (QED) is 0.384. The Bertz CT molecular complexity index is 682. The molecule has 0 unspecified atom stereocenters. The first-order valence-electron chi connectivity index (χ1n) is 9.99. The highest BCUT2D eigenvalue weighted by molar-refractivity contribution is 6.00. The summed E-state index contributed by atoms with van der Waals surface area (Å²) >= 11 is 0. The maximum absolute atomic E-state index is 5.56. The van der Waals surface area contributed by atoms with E-state index in [0.717, 1.165) is 69.1 Å². The molecule has 27 heavy (non-hydrogen) atoms. The van der Waals surface area contributed by atoms with Crippen molar-refractivity contribution in [2.75, 3.05) is 44.2 Å². The van der Waals surface area contributed by atoms with Gasteiger partial charge in [-0.2, -0.15) is 0 Å². The van der Waals surface area contributed by atoms with Gasteiger partial charge in [-0.3, -0.25) is 4.90 Å². The van der Waals surface area contributed by atoms with Gasteiger partial charge < -0.3 is 9.74 Å². The Kier molecular flexibility index (Phi) is 7.66. The van der Waals surface area contributed by atoms with Crippen molar-refractivity contribution < 1.29 is 4.84 Å². The predicted octanol–water partition coefficient (Wildman–Crippen LogP) is 3.81. The molecule has 0 atom stereocenters. The van der Waals surface area contributed by atoms with Crippen molar-refractivity contribution in [3.8, 4) is 0 Å². The smallest absolute Gasteiger partial charge is 0.128 e. The number of aromatic nitrogens is 1. The number of pyridine rings is 1. The lowest BCUT2D eigenvalue weighted by molar-refractivity contribution is 0.140. The van der Waals surface area contributed by atoms with E-state index in [1.807, 2.05) is 18.3 Å². The van der Waals surface area contributed by atoms with Crippen LogP contribution in [0.15, 0.2) is 59.9 Å². The van der Waals surface area contributed by atoms with Gasteiger partial charge in [-0.1, -0.05) is 54.9 Å². The number of anilines is 1. The van der Waals surface area contributed by atoms with Crippen LogP contribution < -0.4 is 4.90 Å². The zero-order valence-corrected chi connectivity index (χ0v) is 16.3. The maximum Gasteiger partial charge on any atom is 0.128 e. The third kappa shape index (κ3) is 6.07. The average molecular weight is 367 g/mol. The molecule has 0 N–H and O–H groups in total. The Morgan fingerprint density at radius 1 is 1.04 bits per heavy atom. The van der Waals surface area contributed by atoms with Crippen molar-refractivity contribution in [3.63, 3.8) is 0 Å². The highest BCUT2D eigenvalue weighted by atomic mass is 16.6. The summed E-state index contributed by atoms with van der Waals surface area (Å²) in [6.45, 7) is 7.99. The van der Waals surface area contributed by atoms with Crippen molar-refractivity contribution in [3.05, 3.63) is 60.3 Å². The van der Waals surface area contributed by atoms with Gasteiger partial charge in [-0.15, -0.1) is 0 Å². The van der Waals surface area contributed by atoms with Crippen LogP contribution in [0.4, 0.5) is 5.82 Å². The number of hydrogen-bond donors (Lipinski definition) is 0. The van der Waals surface area contributed by atoms with Gasteiger partial charge in [0.25, 0.3) is 0 Å². The number of unbranched alkanes of at least 4 members (excludes halogenated alkanes) is 1. The molecule has 144 valence electrons. The lowest BCUT2D eigenvalue weighted by Gasteiger charge is -2.35. The normalized spacial score (nSPS) is 15.7. The molecule has 1 fully saturated rings. The first-order chi connectivity index (χ1) is 13.4. The first-order valence-corrected chi connectivity index (χ1v) is 9.99. The van der Waals surface area contributed by atoms with E-state index in [9.17, 15) is 0 Å². The Hall–Kier alpha value is -2.40. The number of oxime groups is 1. The van der Waals surface area contributed by atoms with Crippen LogP contribution in [0.2, 0.25) is 0 Å². The average Bonchev–Trinajstić information content (AvgIpc) is 2.75. The molecule has 0 saturated carbocycles. The summed E-state index contributed by atoms with van der Waals surface area (Å²) in [5, 5.41) is 4.45. The number of hydrogen-bond acceptors (Lipinski definition) is 5. The highest BCUT2D eigenvalue weighted by Gasteiger charge is 2.18. The van der Waals surface area contributed by atoms with Gasteiger partial charge in [-0.05, 0) is 24.1 Å². The molecule has 0 aliphatic carbocycles. The fourth-order valence-electron chi connectivity index (χ4n) is 3.21. The molecule has 0 amide bonds. The lowest BCUT2D eigenvalue weighted by Crippen LogP contribution is -2.47. The van der Waals surface area contributed by atoms with E-state index in [2.05, 4.69) is 63.3 Å². The largest absolute Gasteiger partial charge is 0.396 e. The van der Waals surface area contributed by atoms with Gasteiger partial charge in [0.2, 0.25) is 0 Å². The predicted molar refractivity (Wildman–Crippen MR) is 111 cm³/mol. The Morgan fingerprint density at radius 2 is 1.81 bits per heavy atom. The monoisotopic (exact) mass is 366 g/mol. The molecule has 0 radical (unpaired) electrons. The van der Waals surface area contributed by atoms with Crippen LogP contribution in [-0.4, -0.2) is 54.9 Å². The molecule has 1 saturated heterocycles. The first kappa shape index (κ1) is 19.4. The second-order valence-electron chi connectivity index (χ2n) is 6.86. The molecule has 0 bridgehead atoms. The van der Waals surface area contributed by atoms with E-state index in [-0.39, 0.29) is 0 Å². The minimum Gasteiger partial charge on any atom is -0.396 e. The fourth-order valence-corrected chi connectivity index (χ4v) is 3.21. The summed E-state index contributed by atoms with van der Waals surface area (Å²) in [6, 6.07) is 16.5. The van der Waals surface area contributed by atoms with Crippen LogP contribution in [0.1, 0.15) is 31.7 Å². The SMILES string of the molecule is CCCCO/N=C(/CCN1CCN(c2ccccn2)CC1)c1ccccc1. The molecule has 1 aromatic carbocycles. The third-order valence-electron chi connectivity index (χ3n) is 4.88. The third-order valence-corrected chi connectivity index (χ3v) is 4.88. The second-order valence-corrected chi connectivity index (χ2v) is 6.86. The molecule has 1 aliphatic rings. The Morgan fingerprint density at radius 3 is 2.52 bits per heavy atom. The summed E-state index contributed by atoms with van der Waals surface area (Å²) in [5.41, 5.74) is 2.19. The van der Waals surface area contributed by atoms with Gasteiger partial charge in [0.15, 0.2) is 0 Å². The number of nitrogens with zero attached hydrogens (tertiary/aromatic N) is 4. The van der Waals surface area contributed by atoms with E-state index in [0.29, 0.717) is 6.61 Å². The Balaban J connectivity index is 1.51. The molecule has 2 heterocycles. The van der Waals surface area contributed by atoms with Crippen LogP contribution in [0.3, 0.4) is 0 Å². The van der Waals surface area contributed by atoms with Crippen LogP contribution in [0, 0.1) is 0 Å². The molecule has 5 heteroatoms. The van der Waals surface area contributed by atoms with E-state index in [1.165, 1.54) is 0 Å². The van der Waals surface area contributed by atoms with E-state index in [1.54, 1.807) is 0 Å². The fraction of sp³-hybridized carbons (Fsp3) is 0.455. The Labute approximate surface area is 162 Å². The van der Waals surface area contributed by atoms with Gasteiger partial charge in [0.05, 0.1) is 5.71 Å². The van der Waals surface area contributed by atoms with Gasteiger partial charge >= 0.3 is 0 Å². The standard InChI is InChI=1S/C22H30N4O/c1-2-3-19-27-24-21(20-9-5-4-6-10-20)12-14-25-15-17-26(18-16-25)22-11-7-8-13-23-22/h4-11,13H,2-3,12,14-19H2,1H3/b24-21-. The molecule has 0 spiro atoms. The molecule has 1 aliphatic heterocycles. The summed E-state index contributed by atoms with van der Waals surface area (Å²) in [6.07, 6.45) is 4.93. The van der Waals surface area contributed by atoms with Gasteiger partial charge in [0, 0.05) is 45.3 Å². The molecule has 3 rings (SSSR count). The summed E-state index contributed by atoms with van der Waals surface area (Å²) in [4.78, 5) is 14.9. The van der Waals surface area contributed by atoms with Crippen molar-refractivity contribution >= 4 is 11.5 Å². The number of piperazine rings is 1. The molecule has 5 nitrogen and oxygen atoms in total. The molecular weight excluding hydrogens is 336 g/mol. The maximum atomic E-state index is 5.56. The van der Waals surface area contributed by atoms with E-state index in [4.69, 9.17) is 4.84 Å². The second kappa shape index (κ2) is 10.7. The zero-order valence-electron chi connectivity index (χ0n) is 16.3. The van der Waals surface area contributed by atoms with E-state index >= 15 is 0 Å². The zero-order chi connectivity index (χ0) is 18.7. The molecule has 2 aromatic rings. The van der Waals surface area contributed by atoms with Crippen LogP contribution in [0.25, 0.3) is 0 Å². The van der Waals surface area contributed by atoms with Gasteiger partial charge in [-0.25, -0.2) is 4.98 Å². The topological polar surface area (TPSA) is 41.0 Å². The lowest BCUT2D eigenvalue weighted by atomic mass is 10.1. The molecular formula is C22H30N4O. The summed E-state index contributed by atoms with van der Waals surface area (Å²) < 4.78 is 0. The highest BCUT2D eigenvalue weighted by Crippen LogP contribution is 2.13. The minimum absolute atomic E-state index is 0.690. The minimum atomic E-state index is 0.690. The van der Waals surface area contributed by atoms with Crippen LogP contribution in [-0.2, 0) is 4.84 Å². The summed E-state index contributed by atoms with van der Waals surface area (Å²) in [7, 11) is 0. The van der Waals surface area contributed by atoms with Crippen LogP contribution >= 0.6 is 0 Å². The van der Waals surface area contributed by atoms with E-state index < -0.39 is 0 Å². The van der Waals surface area contributed by atoms with Crippen molar-refractivity contribution in [1.29, 1.82) is 0 Å². The number of benzene rings is 1. The summed E-state index contributed by atoms with van der Waals surface area (Å²) in [5.74, 6) is 1.08. The molecule has 1 aromatic heterocycles. The van der Waals surface area contributed by atoms with Crippen molar-refractivity contribution in [2.24, 2.45) is 5.16 Å². The van der Waals surface area contributed by atoms with Crippen LogP contribution in [0.5, 0.6) is 0 Å². The number of rotatable bonds is 9. The van der Waals surface area contributed by atoms with Gasteiger partial charge in [0.1, 0.15) is 12.4 Å². The van der Waals surface area contributed by atoms with Crippen molar-refractivity contribution in [1.82, 2.24) is 9.88 Å². The van der Waals surface area contributed by atoms with Crippen molar-refractivity contribution in [2.45, 2.75) is 26.2 Å².